The first-order valence-corrected chi connectivity index (χ1v) is 9.91. The Bertz CT molecular complexity index is 568. The second-order valence-corrected chi connectivity index (χ2v) is 5.93. The summed E-state index contributed by atoms with van der Waals surface area (Å²) >= 11 is 0. The third-order valence-electron chi connectivity index (χ3n) is 3.52. The van der Waals surface area contributed by atoms with E-state index in [0.29, 0.717) is 13.0 Å². The van der Waals surface area contributed by atoms with Gasteiger partial charge in [0, 0.05) is 6.42 Å². The Morgan fingerprint density at radius 2 is 1.15 bits per heavy atom. The number of rotatable bonds is 15. The topological polar surface area (TPSA) is 29.1 Å². The van der Waals surface area contributed by atoms with Crippen LogP contribution in [0.4, 0.5) is 0 Å². The van der Waals surface area contributed by atoms with Gasteiger partial charge in [0.25, 0.3) is 0 Å². The number of terminal acetylenes is 1. The fourth-order valence-corrected chi connectivity index (χ4v) is 2.09. The van der Waals surface area contributed by atoms with Gasteiger partial charge in [0.1, 0.15) is 0 Å². The lowest BCUT2D eigenvalue weighted by molar-refractivity contribution is -0.120. The lowest BCUT2D eigenvalue weighted by atomic mass is 10.2. The van der Waals surface area contributed by atoms with Crippen LogP contribution in [0, 0.1) is 12.3 Å². The minimum Gasteiger partial charge on any atom is -0.345 e. The second-order valence-electron chi connectivity index (χ2n) is 5.93. The molecule has 0 aliphatic rings. The molecule has 2 nitrogen and oxygen atoms in total. The van der Waals surface area contributed by atoms with Crippen molar-refractivity contribution in [3.63, 3.8) is 0 Å². The number of carbonyl (C=O) groups excluding carboxylic acids is 1. The molecule has 0 aliphatic carbocycles. The van der Waals surface area contributed by atoms with Crippen molar-refractivity contribution >= 4 is 5.91 Å². The summed E-state index contributed by atoms with van der Waals surface area (Å²) in [6, 6.07) is 0. The monoisotopic (exact) mass is 365 g/mol. The van der Waals surface area contributed by atoms with E-state index in [-0.39, 0.29) is 5.91 Å². The molecular formula is C25H35NO. The number of carbonyl (C=O) groups is 1. The zero-order chi connectivity index (χ0) is 19.8. The second kappa shape index (κ2) is 21.5. The van der Waals surface area contributed by atoms with E-state index < -0.39 is 0 Å². The Morgan fingerprint density at radius 3 is 1.56 bits per heavy atom. The Morgan fingerprint density at radius 1 is 0.741 bits per heavy atom. The minimum absolute atomic E-state index is 0.00692. The van der Waals surface area contributed by atoms with Crippen LogP contribution in [-0.2, 0) is 4.79 Å². The largest absolute Gasteiger partial charge is 0.345 e. The maximum absolute atomic E-state index is 11.3. The van der Waals surface area contributed by atoms with Crippen molar-refractivity contribution < 1.29 is 4.79 Å². The molecule has 0 saturated heterocycles. The van der Waals surface area contributed by atoms with Gasteiger partial charge < -0.3 is 5.32 Å². The standard InChI is InChI=1S/C25H35NO/c1-3-5-6-7-8-9-10-11-12-13-14-15-16-17-18-19-20-21-22-23-25(27)26-24-4-2/h2,5-6,8-9,11-12,14-15,17-18,20-21H,3,7,10,13,16,19,22-24H2,1H3,(H,26,27)/b6-5+,9-8+,12-11+,15-14+,18-17+,21-20+. The van der Waals surface area contributed by atoms with E-state index in [1.165, 1.54) is 0 Å². The smallest absolute Gasteiger partial charge is 0.221 e. The number of nitrogens with one attached hydrogen (secondary N) is 1. The van der Waals surface area contributed by atoms with Crippen LogP contribution in [0.15, 0.2) is 72.9 Å². The van der Waals surface area contributed by atoms with Crippen molar-refractivity contribution in [2.24, 2.45) is 0 Å². The normalized spacial score (nSPS) is 12.4. The van der Waals surface area contributed by atoms with Gasteiger partial charge in [0.15, 0.2) is 0 Å². The Kier molecular flexibility index (Phi) is 19.5. The molecule has 0 aliphatic heterocycles. The summed E-state index contributed by atoms with van der Waals surface area (Å²) in [5.74, 6) is 2.39. The molecule has 0 bridgehead atoms. The average molecular weight is 366 g/mol. The maximum Gasteiger partial charge on any atom is 0.221 e. The quantitative estimate of drug-likeness (QED) is 0.271. The van der Waals surface area contributed by atoms with E-state index >= 15 is 0 Å². The fraction of sp³-hybridized carbons (Fsp3) is 0.400. The molecule has 1 N–H and O–H groups in total. The molecule has 1 amide bonds. The van der Waals surface area contributed by atoms with Crippen LogP contribution in [0.5, 0.6) is 0 Å². The zero-order valence-corrected chi connectivity index (χ0v) is 16.8. The maximum atomic E-state index is 11.3. The molecule has 0 spiro atoms. The van der Waals surface area contributed by atoms with Gasteiger partial charge in [-0.05, 0) is 44.9 Å². The van der Waals surface area contributed by atoms with Crippen molar-refractivity contribution in [1.29, 1.82) is 0 Å². The third kappa shape index (κ3) is 21.4. The molecule has 0 rings (SSSR count). The van der Waals surface area contributed by atoms with E-state index in [4.69, 9.17) is 6.42 Å². The fourth-order valence-electron chi connectivity index (χ4n) is 2.09. The summed E-state index contributed by atoms with van der Waals surface area (Å²) in [5, 5.41) is 2.65. The van der Waals surface area contributed by atoms with Crippen molar-refractivity contribution in [2.45, 2.75) is 58.3 Å². The van der Waals surface area contributed by atoms with Crippen LogP contribution in [-0.4, -0.2) is 12.5 Å². The van der Waals surface area contributed by atoms with Crippen LogP contribution in [0.3, 0.4) is 0 Å². The molecule has 0 saturated carbocycles. The summed E-state index contributed by atoms with van der Waals surface area (Å²) in [6.07, 6.45) is 38.4. The van der Waals surface area contributed by atoms with Gasteiger partial charge in [0.05, 0.1) is 6.54 Å². The highest BCUT2D eigenvalue weighted by Crippen LogP contribution is 1.97. The van der Waals surface area contributed by atoms with E-state index in [2.05, 4.69) is 85.0 Å². The molecular weight excluding hydrogens is 330 g/mol. The number of allylic oxidation sites excluding steroid dienone is 12. The van der Waals surface area contributed by atoms with Crippen LogP contribution >= 0.6 is 0 Å². The molecule has 2 heteroatoms. The van der Waals surface area contributed by atoms with E-state index in [1.54, 1.807) is 0 Å². The van der Waals surface area contributed by atoms with Gasteiger partial charge in [-0.3, -0.25) is 4.79 Å². The van der Waals surface area contributed by atoms with E-state index in [9.17, 15) is 4.79 Å². The molecule has 0 aromatic rings. The van der Waals surface area contributed by atoms with Crippen molar-refractivity contribution in [1.82, 2.24) is 5.32 Å². The Labute approximate surface area is 166 Å². The van der Waals surface area contributed by atoms with Crippen LogP contribution in [0.25, 0.3) is 0 Å². The van der Waals surface area contributed by atoms with Crippen LogP contribution < -0.4 is 5.32 Å². The average Bonchev–Trinajstić information content (AvgIpc) is 2.68. The Hall–Kier alpha value is -2.53. The number of hydrogen-bond acceptors (Lipinski definition) is 1. The lowest BCUT2D eigenvalue weighted by Crippen LogP contribution is -2.22. The highest BCUT2D eigenvalue weighted by molar-refractivity contribution is 5.76. The summed E-state index contributed by atoms with van der Waals surface area (Å²) in [7, 11) is 0. The highest BCUT2D eigenvalue weighted by atomic mass is 16.1. The van der Waals surface area contributed by atoms with Crippen molar-refractivity contribution in [2.75, 3.05) is 6.54 Å². The Balaban J connectivity index is 3.56. The molecule has 27 heavy (non-hydrogen) atoms. The van der Waals surface area contributed by atoms with Gasteiger partial charge in [-0.2, -0.15) is 0 Å². The van der Waals surface area contributed by atoms with Gasteiger partial charge in [0.2, 0.25) is 5.91 Å². The van der Waals surface area contributed by atoms with E-state index in [0.717, 1.165) is 44.9 Å². The van der Waals surface area contributed by atoms with Gasteiger partial charge in [-0.15, -0.1) is 6.42 Å². The van der Waals surface area contributed by atoms with Crippen LogP contribution in [0.1, 0.15) is 58.3 Å². The van der Waals surface area contributed by atoms with Gasteiger partial charge in [-0.1, -0.05) is 85.8 Å². The number of amides is 1. The first kappa shape index (κ1) is 24.5. The molecule has 146 valence electrons. The molecule has 0 fully saturated rings. The molecule has 0 heterocycles. The highest BCUT2D eigenvalue weighted by Gasteiger charge is 1.95. The third-order valence-corrected chi connectivity index (χ3v) is 3.52. The summed E-state index contributed by atoms with van der Waals surface area (Å²) in [6.45, 7) is 2.46. The van der Waals surface area contributed by atoms with E-state index in [1.807, 2.05) is 6.08 Å². The summed E-state index contributed by atoms with van der Waals surface area (Å²) < 4.78 is 0. The lowest BCUT2D eigenvalue weighted by Gasteiger charge is -1.97. The first-order chi connectivity index (χ1) is 13.3. The molecule has 0 unspecified atom stereocenters. The number of hydrogen-bond donors (Lipinski definition) is 1. The molecule has 0 aromatic heterocycles. The van der Waals surface area contributed by atoms with Gasteiger partial charge in [-0.25, -0.2) is 0 Å². The summed E-state index contributed by atoms with van der Waals surface area (Å²) in [4.78, 5) is 11.3. The molecule has 0 radical (unpaired) electrons. The minimum atomic E-state index is 0.00692. The van der Waals surface area contributed by atoms with Crippen molar-refractivity contribution in [3.8, 4) is 12.3 Å². The van der Waals surface area contributed by atoms with Crippen molar-refractivity contribution in [3.05, 3.63) is 72.9 Å². The van der Waals surface area contributed by atoms with Crippen LogP contribution in [0.2, 0.25) is 0 Å². The van der Waals surface area contributed by atoms with Gasteiger partial charge >= 0.3 is 0 Å². The predicted octanol–water partition coefficient (Wildman–Crippen LogP) is 6.21. The SMILES string of the molecule is C#CCNC(=O)CC/C=C/C/C=C/C/C=C/C/C=C/C/C=C/C/C=C/CC. The molecule has 0 atom stereocenters. The first-order valence-electron chi connectivity index (χ1n) is 9.91. The zero-order valence-electron chi connectivity index (χ0n) is 16.8. The molecule has 0 aromatic carbocycles. The summed E-state index contributed by atoms with van der Waals surface area (Å²) in [5.41, 5.74) is 0. The predicted molar refractivity (Wildman–Crippen MR) is 119 cm³/mol.